The Morgan fingerprint density at radius 2 is 1.93 bits per heavy atom. The van der Waals surface area contributed by atoms with E-state index in [4.69, 9.17) is 4.74 Å². The van der Waals surface area contributed by atoms with Crippen LogP contribution in [-0.4, -0.2) is 39.3 Å². The minimum absolute atomic E-state index is 0.290. The number of hydrogen-bond donors (Lipinski definition) is 0. The molecule has 0 fully saturated rings. The zero-order valence-electron chi connectivity index (χ0n) is 16.2. The van der Waals surface area contributed by atoms with Crippen molar-refractivity contribution in [2.24, 2.45) is 0 Å². The number of esters is 1. The molecule has 0 radical (unpaired) electrons. The highest BCUT2D eigenvalue weighted by molar-refractivity contribution is 7.99. The van der Waals surface area contributed by atoms with Crippen molar-refractivity contribution in [3.05, 3.63) is 81.2 Å². The Hall–Kier alpha value is -3.20. The summed E-state index contributed by atoms with van der Waals surface area (Å²) in [7, 11) is 1.31. The average molecular weight is 412 g/mol. The zero-order valence-corrected chi connectivity index (χ0v) is 17.0. The van der Waals surface area contributed by atoms with E-state index >= 15 is 0 Å². The highest BCUT2D eigenvalue weighted by atomic mass is 32.2. The van der Waals surface area contributed by atoms with Crippen LogP contribution >= 0.6 is 11.8 Å². The molecule has 0 saturated heterocycles. The predicted molar refractivity (Wildman–Crippen MR) is 109 cm³/mol. The normalized spacial score (nSPS) is 11.8. The summed E-state index contributed by atoms with van der Waals surface area (Å²) < 4.78 is 6.58. The number of aromatic nitrogens is 3. The molecule has 1 aromatic heterocycles. The average Bonchev–Trinajstić information content (AvgIpc) is 3.06. The van der Waals surface area contributed by atoms with Gasteiger partial charge in [-0.05, 0) is 49.2 Å². The minimum atomic E-state index is -0.496. The summed E-state index contributed by atoms with van der Waals surface area (Å²) in [4.78, 5) is 22.6. The number of carbonyl (C=O) groups is 1. The standard InChI is InChI=1S/C20H20N4O4S/c1-13-5-4-6-17(11-13)24-14(2)21-22-20(24)29-18(12-23(26)27)15-7-9-16(10-8-15)19(25)28-3/h4-11,18H,12H2,1-3H3/t18-/m1/s1. The summed E-state index contributed by atoms with van der Waals surface area (Å²) in [6.45, 7) is 3.55. The molecule has 0 aliphatic rings. The fourth-order valence-corrected chi connectivity index (χ4v) is 4.08. The second-order valence-electron chi connectivity index (χ2n) is 6.44. The second-order valence-corrected chi connectivity index (χ2v) is 7.61. The molecule has 1 heterocycles. The summed E-state index contributed by atoms with van der Waals surface area (Å²) in [5.41, 5.74) is 3.10. The van der Waals surface area contributed by atoms with E-state index in [9.17, 15) is 14.9 Å². The first-order valence-corrected chi connectivity index (χ1v) is 9.73. The third kappa shape index (κ3) is 4.80. The molecule has 1 atom stereocenters. The number of methoxy groups -OCH3 is 1. The molecule has 0 aliphatic heterocycles. The van der Waals surface area contributed by atoms with Gasteiger partial charge in [-0.2, -0.15) is 0 Å². The molecule has 0 saturated carbocycles. The smallest absolute Gasteiger partial charge is 0.337 e. The van der Waals surface area contributed by atoms with Crippen LogP contribution in [0.1, 0.15) is 32.6 Å². The third-order valence-corrected chi connectivity index (χ3v) is 5.50. The van der Waals surface area contributed by atoms with Crippen LogP contribution < -0.4 is 0 Å². The molecule has 3 aromatic rings. The summed E-state index contributed by atoms with van der Waals surface area (Å²) in [5.74, 6) is 0.240. The molecule has 9 heteroatoms. The molecule has 0 aliphatic carbocycles. The van der Waals surface area contributed by atoms with Crippen LogP contribution in [0.4, 0.5) is 0 Å². The van der Waals surface area contributed by atoms with Crippen LogP contribution in [-0.2, 0) is 4.74 Å². The van der Waals surface area contributed by atoms with Crippen molar-refractivity contribution in [2.75, 3.05) is 13.7 Å². The lowest BCUT2D eigenvalue weighted by molar-refractivity contribution is -0.479. The van der Waals surface area contributed by atoms with Crippen molar-refractivity contribution in [1.29, 1.82) is 0 Å². The first kappa shape index (κ1) is 20.5. The fourth-order valence-electron chi connectivity index (χ4n) is 2.91. The molecule has 8 nitrogen and oxygen atoms in total. The number of rotatable bonds is 7. The van der Waals surface area contributed by atoms with E-state index in [1.165, 1.54) is 18.9 Å². The largest absolute Gasteiger partial charge is 0.465 e. The lowest BCUT2D eigenvalue weighted by atomic mass is 10.1. The lowest BCUT2D eigenvalue weighted by Gasteiger charge is -2.15. The van der Waals surface area contributed by atoms with Gasteiger partial charge in [-0.3, -0.25) is 14.7 Å². The number of nitrogens with zero attached hydrogens (tertiary/aromatic N) is 4. The van der Waals surface area contributed by atoms with Gasteiger partial charge in [0.1, 0.15) is 11.1 Å². The fraction of sp³-hybridized carbons (Fsp3) is 0.250. The molecule has 0 amide bonds. The van der Waals surface area contributed by atoms with Crippen molar-refractivity contribution in [3.8, 4) is 5.69 Å². The first-order valence-electron chi connectivity index (χ1n) is 8.85. The topological polar surface area (TPSA) is 100 Å². The van der Waals surface area contributed by atoms with Gasteiger partial charge in [0.2, 0.25) is 6.54 Å². The van der Waals surface area contributed by atoms with E-state index in [1.54, 1.807) is 24.3 Å². The van der Waals surface area contributed by atoms with E-state index in [0.717, 1.165) is 16.8 Å². The highest BCUT2D eigenvalue weighted by Crippen LogP contribution is 2.36. The van der Waals surface area contributed by atoms with Crippen LogP contribution in [0.15, 0.2) is 53.7 Å². The van der Waals surface area contributed by atoms with Crippen LogP contribution in [0.25, 0.3) is 5.69 Å². The van der Waals surface area contributed by atoms with Gasteiger partial charge in [-0.1, -0.05) is 36.0 Å². The van der Waals surface area contributed by atoms with Crippen molar-refractivity contribution >= 4 is 17.7 Å². The molecule has 0 bridgehead atoms. The van der Waals surface area contributed by atoms with Gasteiger partial charge in [0.15, 0.2) is 5.16 Å². The van der Waals surface area contributed by atoms with Gasteiger partial charge in [0.05, 0.1) is 12.7 Å². The SMILES string of the molecule is COC(=O)c1ccc([C@@H](C[N+](=O)[O-])Sc2nnc(C)n2-c2cccc(C)c2)cc1. The minimum Gasteiger partial charge on any atom is -0.465 e. The van der Waals surface area contributed by atoms with Gasteiger partial charge < -0.3 is 4.74 Å². The Labute approximate surface area is 172 Å². The summed E-state index contributed by atoms with van der Waals surface area (Å²) >= 11 is 1.27. The van der Waals surface area contributed by atoms with Crippen LogP contribution in [0, 0.1) is 24.0 Å². The van der Waals surface area contributed by atoms with Crippen molar-refractivity contribution in [2.45, 2.75) is 24.3 Å². The number of thioether (sulfide) groups is 1. The molecule has 150 valence electrons. The maximum atomic E-state index is 11.6. The maximum absolute atomic E-state index is 11.6. The molecular formula is C20H20N4O4S. The van der Waals surface area contributed by atoms with Crippen LogP contribution in [0.2, 0.25) is 0 Å². The number of ether oxygens (including phenoxy) is 1. The van der Waals surface area contributed by atoms with Gasteiger partial charge in [-0.15, -0.1) is 10.2 Å². The number of benzene rings is 2. The number of carbonyl (C=O) groups excluding carboxylic acids is 1. The van der Waals surface area contributed by atoms with Crippen molar-refractivity contribution in [3.63, 3.8) is 0 Å². The molecule has 29 heavy (non-hydrogen) atoms. The molecule has 2 aromatic carbocycles. The second kappa shape index (κ2) is 8.87. The maximum Gasteiger partial charge on any atom is 0.337 e. The van der Waals surface area contributed by atoms with E-state index in [-0.39, 0.29) is 11.5 Å². The zero-order chi connectivity index (χ0) is 21.0. The lowest BCUT2D eigenvalue weighted by Crippen LogP contribution is -2.11. The Morgan fingerprint density at radius 1 is 1.21 bits per heavy atom. The highest BCUT2D eigenvalue weighted by Gasteiger charge is 2.24. The van der Waals surface area contributed by atoms with Crippen LogP contribution in [0.5, 0.6) is 0 Å². The molecule has 0 spiro atoms. The monoisotopic (exact) mass is 412 g/mol. The van der Waals surface area contributed by atoms with Crippen molar-refractivity contribution in [1.82, 2.24) is 14.8 Å². The molecule has 0 unspecified atom stereocenters. The summed E-state index contributed by atoms with van der Waals surface area (Å²) in [6, 6.07) is 14.5. The van der Waals surface area contributed by atoms with E-state index in [0.29, 0.717) is 16.5 Å². The predicted octanol–water partition coefficient (Wildman–Crippen LogP) is 3.78. The number of aryl methyl sites for hydroxylation is 2. The van der Waals surface area contributed by atoms with E-state index in [1.807, 2.05) is 42.7 Å². The van der Waals surface area contributed by atoms with Crippen molar-refractivity contribution < 1.29 is 14.5 Å². The summed E-state index contributed by atoms with van der Waals surface area (Å²) in [5, 5.41) is 19.7. The molecule has 0 N–H and O–H groups in total. The summed E-state index contributed by atoms with van der Waals surface area (Å²) in [6.07, 6.45) is 0. The van der Waals surface area contributed by atoms with Gasteiger partial charge in [-0.25, -0.2) is 4.79 Å². The first-order chi connectivity index (χ1) is 13.9. The Morgan fingerprint density at radius 3 is 2.55 bits per heavy atom. The van der Waals surface area contributed by atoms with Gasteiger partial charge in [0, 0.05) is 10.6 Å². The Kier molecular flexibility index (Phi) is 6.28. The Bertz CT molecular complexity index is 1030. The number of nitro groups is 1. The van der Waals surface area contributed by atoms with Gasteiger partial charge >= 0.3 is 5.97 Å². The van der Waals surface area contributed by atoms with Crippen LogP contribution in [0.3, 0.4) is 0 Å². The van der Waals surface area contributed by atoms with E-state index in [2.05, 4.69) is 10.2 Å². The van der Waals surface area contributed by atoms with Gasteiger partial charge in [0.25, 0.3) is 0 Å². The van der Waals surface area contributed by atoms with E-state index < -0.39 is 11.2 Å². The molecular weight excluding hydrogens is 392 g/mol. The quantitative estimate of drug-likeness (QED) is 0.252. The number of hydrogen-bond acceptors (Lipinski definition) is 7. The molecule has 3 rings (SSSR count). The Balaban J connectivity index is 1.94. The third-order valence-electron chi connectivity index (χ3n) is 4.32.